The standard InChI is InChI=1S/C14H14ClNO/c1-2-16-13-8-17-14-10-6-4-3-5-9(10)12(15)7-11(13)14/h3-7,13,16H,2,8H2,1H3. The van der Waals surface area contributed by atoms with Gasteiger partial charge in [0.2, 0.25) is 0 Å². The summed E-state index contributed by atoms with van der Waals surface area (Å²) in [6, 6.07) is 10.4. The van der Waals surface area contributed by atoms with Crippen molar-refractivity contribution in [3.63, 3.8) is 0 Å². The van der Waals surface area contributed by atoms with E-state index < -0.39 is 0 Å². The highest BCUT2D eigenvalue weighted by Gasteiger charge is 2.26. The Morgan fingerprint density at radius 2 is 2.12 bits per heavy atom. The van der Waals surface area contributed by atoms with Crippen LogP contribution in [0.15, 0.2) is 30.3 Å². The van der Waals surface area contributed by atoms with E-state index in [-0.39, 0.29) is 6.04 Å². The van der Waals surface area contributed by atoms with Crippen LogP contribution in [0.5, 0.6) is 5.75 Å². The van der Waals surface area contributed by atoms with Crippen molar-refractivity contribution < 1.29 is 4.74 Å². The summed E-state index contributed by atoms with van der Waals surface area (Å²) < 4.78 is 5.81. The molecule has 1 heterocycles. The van der Waals surface area contributed by atoms with Crippen molar-refractivity contribution in [1.29, 1.82) is 0 Å². The van der Waals surface area contributed by atoms with Crippen molar-refractivity contribution in [2.24, 2.45) is 0 Å². The average molecular weight is 248 g/mol. The van der Waals surface area contributed by atoms with Crippen LogP contribution >= 0.6 is 11.6 Å². The number of nitrogens with one attached hydrogen (secondary N) is 1. The number of halogens is 1. The molecule has 17 heavy (non-hydrogen) atoms. The van der Waals surface area contributed by atoms with Crippen LogP contribution in [0.2, 0.25) is 5.02 Å². The first kappa shape index (κ1) is 10.9. The molecular formula is C14H14ClNO. The zero-order valence-corrected chi connectivity index (χ0v) is 10.4. The second-order valence-electron chi connectivity index (χ2n) is 4.24. The fourth-order valence-corrected chi connectivity index (χ4v) is 2.70. The van der Waals surface area contributed by atoms with E-state index >= 15 is 0 Å². The molecular weight excluding hydrogens is 234 g/mol. The highest BCUT2D eigenvalue weighted by atomic mass is 35.5. The molecule has 1 atom stereocenters. The average Bonchev–Trinajstić information content (AvgIpc) is 2.74. The zero-order valence-electron chi connectivity index (χ0n) is 9.66. The number of hydrogen-bond acceptors (Lipinski definition) is 2. The Bertz CT molecular complexity index is 567. The SMILES string of the molecule is CCNC1COc2c1cc(Cl)c1ccccc21. The molecule has 3 heteroatoms. The van der Waals surface area contributed by atoms with Crippen LogP contribution in [0.3, 0.4) is 0 Å². The van der Waals surface area contributed by atoms with Gasteiger partial charge in [0.05, 0.1) is 6.04 Å². The Hall–Kier alpha value is -1.25. The lowest BCUT2D eigenvalue weighted by molar-refractivity contribution is 0.316. The molecule has 0 bridgehead atoms. The summed E-state index contributed by atoms with van der Waals surface area (Å²) in [4.78, 5) is 0. The number of hydrogen-bond donors (Lipinski definition) is 1. The summed E-state index contributed by atoms with van der Waals surface area (Å²) in [5.74, 6) is 0.982. The Morgan fingerprint density at radius 3 is 2.88 bits per heavy atom. The minimum atomic E-state index is 0.261. The summed E-state index contributed by atoms with van der Waals surface area (Å²) in [7, 11) is 0. The molecule has 1 aliphatic heterocycles. The summed E-state index contributed by atoms with van der Waals surface area (Å²) in [6.07, 6.45) is 0. The van der Waals surface area contributed by atoms with Crippen molar-refractivity contribution in [3.8, 4) is 5.75 Å². The van der Waals surface area contributed by atoms with Gasteiger partial charge in [-0.15, -0.1) is 0 Å². The highest BCUT2D eigenvalue weighted by molar-refractivity contribution is 6.36. The molecule has 0 saturated heterocycles. The van der Waals surface area contributed by atoms with Crippen LogP contribution in [-0.4, -0.2) is 13.2 Å². The van der Waals surface area contributed by atoms with Gasteiger partial charge in [-0.2, -0.15) is 0 Å². The second kappa shape index (κ2) is 4.21. The summed E-state index contributed by atoms with van der Waals surface area (Å²) in [6.45, 7) is 3.71. The van der Waals surface area contributed by atoms with Gasteiger partial charge >= 0.3 is 0 Å². The van der Waals surface area contributed by atoms with E-state index in [9.17, 15) is 0 Å². The van der Waals surface area contributed by atoms with Crippen LogP contribution in [0.25, 0.3) is 10.8 Å². The molecule has 2 aromatic rings. The fraction of sp³-hybridized carbons (Fsp3) is 0.286. The Labute approximate surface area is 106 Å². The fourth-order valence-electron chi connectivity index (χ4n) is 2.42. The van der Waals surface area contributed by atoms with Gasteiger partial charge in [-0.1, -0.05) is 42.8 Å². The van der Waals surface area contributed by atoms with Gasteiger partial charge in [0.25, 0.3) is 0 Å². The minimum Gasteiger partial charge on any atom is -0.491 e. The molecule has 0 fully saturated rings. The van der Waals surface area contributed by atoms with Crippen molar-refractivity contribution in [1.82, 2.24) is 5.32 Å². The Kier molecular flexibility index (Phi) is 2.69. The van der Waals surface area contributed by atoms with E-state index in [1.165, 1.54) is 5.56 Å². The first-order valence-corrected chi connectivity index (χ1v) is 6.26. The largest absolute Gasteiger partial charge is 0.491 e. The summed E-state index contributed by atoms with van der Waals surface area (Å²) in [5, 5.41) is 6.37. The van der Waals surface area contributed by atoms with E-state index in [0.29, 0.717) is 6.61 Å². The number of rotatable bonds is 2. The molecule has 0 saturated carbocycles. The van der Waals surface area contributed by atoms with Crippen LogP contribution in [0, 0.1) is 0 Å². The van der Waals surface area contributed by atoms with Gasteiger partial charge in [0, 0.05) is 21.4 Å². The first-order valence-electron chi connectivity index (χ1n) is 5.88. The number of ether oxygens (including phenoxy) is 1. The number of benzene rings is 2. The van der Waals surface area contributed by atoms with Crippen LogP contribution < -0.4 is 10.1 Å². The Balaban J connectivity index is 2.22. The predicted molar refractivity (Wildman–Crippen MR) is 70.9 cm³/mol. The van der Waals surface area contributed by atoms with Crippen molar-refractivity contribution >= 4 is 22.4 Å². The summed E-state index contributed by atoms with van der Waals surface area (Å²) >= 11 is 6.32. The monoisotopic (exact) mass is 247 g/mol. The first-order chi connectivity index (χ1) is 8.31. The highest BCUT2D eigenvalue weighted by Crippen LogP contribution is 2.41. The topological polar surface area (TPSA) is 21.3 Å². The third kappa shape index (κ3) is 1.68. The minimum absolute atomic E-state index is 0.261. The maximum Gasteiger partial charge on any atom is 0.132 e. The van der Waals surface area contributed by atoms with Gasteiger partial charge < -0.3 is 10.1 Å². The number of likely N-dealkylation sites (N-methyl/N-ethyl adjacent to an activating group) is 1. The molecule has 0 amide bonds. The molecule has 2 nitrogen and oxygen atoms in total. The van der Waals surface area contributed by atoms with Crippen LogP contribution in [0.4, 0.5) is 0 Å². The zero-order chi connectivity index (χ0) is 11.8. The third-order valence-electron chi connectivity index (χ3n) is 3.19. The molecule has 0 aromatic heterocycles. The van der Waals surface area contributed by atoms with Crippen LogP contribution in [-0.2, 0) is 0 Å². The molecule has 0 spiro atoms. The van der Waals surface area contributed by atoms with Crippen molar-refractivity contribution in [2.75, 3.05) is 13.2 Å². The lowest BCUT2D eigenvalue weighted by atomic mass is 10.0. The molecule has 1 unspecified atom stereocenters. The van der Waals surface area contributed by atoms with Crippen molar-refractivity contribution in [3.05, 3.63) is 40.9 Å². The normalized spacial score (nSPS) is 18.1. The molecule has 3 rings (SSSR count). The van der Waals surface area contributed by atoms with E-state index in [1.54, 1.807) is 0 Å². The maximum absolute atomic E-state index is 6.32. The molecule has 0 radical (unpaired) electrons. The van der Waals surface area contributed by atoms with Gasteiger partial charge in [-0.25, -0.2) is 0 Å². The molecule has 2 aromatic carbocycles. The third-order valence-corrected chi connectivity index (χ3v) is 3.51. The van der Waals surface area contributed by atoms with Gasteiger partial charge in [0.1, 0.15) is 12.4 Å². The molecule has 1 aliphatic rings. The predicted octanol–water partition coefficient (Wildman–Crippen LogP) is 3.54. The molecule has 1 N–H and O–H groups in total. The quantitative estimate of drug-likeness (QED) is 0.877. The van der Waals surface area contributed by atoms with Gasteiger partial charge in [-0.3, -0.25) is 0 Å². The maximum atomic E-state index is 6.32. The second-order valence-corrected chi connectivity index (χ2v) is 4.65. The van der Waals surface area contributed by atoms with Gasteiger partial charge in [0.15, 0.2) is 0 Å². The van der Waals surface area contributed by atoms with Crippen molar-refractivity contribution in [2.45, 2.75) is 13.0 Å². The van der Waals surface area contributed by atoms with E-state index in [2.05, 4.69) is 18.3 Å². The van der Waals surface area contributed by atoms with Crippen LogP contribution in [0.1, 0.15) is 18.5 Å². The smallest absolute Gasteiger partial charge is 0.132 e. The summed E-state index contributed by atoms with van der Waals surface area (Å²) in [5.41, 5.74) is 1.18. The Morgan fingerprint density at radius 1 is 1.35 bits per heavy atom. The molecule has 0 aliphatic carbocycles. The lowest BCUT2D eigenvalue weighted by Crippen LogP contribution is -2.21. The van der Waals surface area contributed by atoms with E-state index in [4.69, 9.17) is 16.3 Å². The van der Waals surface area contributed by atoms with Gasteiger partial charge in [-0.05, 0) is 12.6 Å². The number of fused-ring (bicyclic) bond motifs is 3. The lowest BCUT2D eigenvalue weighted by Gasteiger charge is -2.10. The molecule has 88 valence electrons. The van der Waals surface area contributed by atoms with E-state index in [1.807, 2.05) is 24.3 Å². The van der Waals surface area contributed by atoms with E-state index in [0.717, 1.165) is 28.1 Å².